The number of hydrogen-bond donors (Lipinski definition) is 2. The predicted molar refractivity (Wildman–Crippen MR) is 57.7 cm³/mol. The molecule has 1 atom stereocenters. The van der Waals surface area contributed by atoms with Gasteiger partial charge in [0.15, 0.2) is 11.5 Å². The van der Waals surface area contributed by atoms with Crippen LogP contribution in [0.5, 0.6) is 11.5 Å². The molecule has 3 nitrogen and oxygen atoms in total. The molecule has 1 unspecified atom stereocenters. The molecule has 1 aromatic rings. The summed E-state index contributed by atoms with van der Waals surface area (Å²) in [6, 6.07) is 3.95. The van der Waals surface area contributed by atoms with Crippen LogP contribution < -0.4 is 10.1 Å². The Kier molecular flexibility index (Phi) is 2.65. The number of halogens is 1. The highest BCUT2D eigenvalue weighted by atomic mass is 79.9. The summed E-state index contributed by atoms with van der Waals surface area (Å²) in [5.74, 6) is 0.760. The van der Waals surface area contributed by atoms with Crippen molar-refractivity contribution in [1.82, 2.24) is 5.32 Å². The van der Waals surface area contributed by atoms with Gasteiger partial charge in [0.1, 0.15) is 0 Å². The van der Waals surface area contributed by atoms with E-state index >= 15 is 0 Å². The average Bonchev–Trinajstić information content (AvgIpc) is 2.07. The molecular formula is C10H12BrNO2. The molecule has 14 heavy (non-hydrogen) atoms. The summed E-state index contributed by atoms with van der Waals surface area (Å²) in [4.78, 5) is 0. The Morgan fingerprint density at radius 1 is 1.57 bits per heavy atom. The summed E-state index contributed by atoms with van der Waals surface area (Å²) in [7, 11) is 1.56. The smallest absolute Gasteiger partial charge is 0.162 e. The van der Waals surface area contributed by atoms with Crippen LogP contribution >= 0.6 is 15.9 Å². The van der Waals surface area contributed by atoms with Gasteiger partial charge in [-0.15, -0.1) is 0 Å². The van der Waals surface area contributed by atoms with Crippen molar-refractivity contribution in [3.05, 3.63) is 22.2 Å². The minimum Gasteiger partial charge on any atom is -0.504 e. The first-order valence-electron chi connectivity index (χ1n) is 4.52. The first-order valence-corrected chi connectivity index (χ1v) is 5.31. The summed E-state index contributed by atoms with van der Waals surface area (Å²) in [6.45, 7) is 1.01. The molecule has 0 saturated carbocycles. The molecule has 0 aromatic heterocycles. The molecule has 1 aliphatic heterocycles. The Bertz CT molecular complexity index is 350. The maximum Gasteiger partial charge on any atom is 0.162 e. The normalized spacial score (nSPS) is 20.3. The van der Waals surface area contributed by atoms with Crippen molar-refractivity contribution in [3.8, 4) is 11.5 Å². The third kappa shape index (κ3) is 1.60. The second-order valence-electron chi connectivity index (χ2n) is 3.34. The minimum absolute atomic E-state index is 0.243. The van der Waals surface area contributed by atoms with Crippen LogP contribution in [0.1, 0.15) is 18.0 Å². The molecule has 0 radical (unpaired) electrons. The predicted octanol–water partition coefficient (Wildman–Crippen LogP) is 2.20. The van der Waals surface area contributed by atoms with Gasteiger partial charge in [-0.3, -0.25) is 0 Å². The van der Waals surface area contributed by atoms with Gasteiger partial charge >= 0.3 is 0 Å². The maximum atomic E-state index is 9.86. The second kappa shape index (κ2) is 3.79. The van der Waals surface area contributed by atoms with Crippen molar-refractivity contribution in [2.24, 2.45) is 0 Å². The Labute approximate surface area is 91.2 Å². The van der Waals surface area contributed by atoms with Gasteiger partial charge in [-0.2, -0.15) is 0 Å². The highest BCUT2D eigenvalue weighted by molar-refractivity contribution is 9.10. The number of nitrogens with one attached hydrogen (secondary N) is 1. The van der Waals surface area contributed by atoms with Gasteiger partial charge in [0.05, 0.1) is 7.11 Å². The van der Waals surface area contributed by atoms with Crippen LogP contribution in [0.4, 0.5) is 0 Å². The van der Waals surface area contributed by atoms with E-state index in [0.717, 1.165) is 23.0 Å². The lowest BCUT2D eigenvalue weighted by molar-refractivity contribution is 0.341. The molecule has 0 amide bonds. The monoisotopic (exact) mass is 257 g/mol. The van der Waals surface area contributed by atoms with E-state index in [1.54, 1.807) is 13.2 Å². The quantitative estimate of drug-likeness (QED) is 0.854. The number of hydrogen-bond acceptors (Lipinski definition) is 3. The molecular weight excluding hydrogens is 246 g/mol. The standard InChI is InChI=1S/C10H12BrNO2/c1-14-9-5-6(11)4-7(10(9)13)8-2-3-12-8/h4-5,8,12-13H,2-3H2,1H3. The van der Waals surface area contributed by atoms with Crippen molar-refractivity contribution >= 4 is 15.9 Å². The first kappa shape index (κ1) is 9.80. The summed E-state index contributed by atoms with van der Waals surface area (Å²) < 4.78 is 6.00. The van der Waals surface area contributed by atoms with Crippen molar-refractivity contribution < 1.29 is 9.84 Å². The minimum atomic E-state index is 0.243. The van der Waals surface area contributed by atoms with Crippen LogP contribution in [0.25, 0.3) is 0 Å². The Morgan fingerprint density at radius 2 is 2.29 bits per heavy atom. The van der Waals surface area contributed by atoms with Crippen molar-refractivity contribution in [1.29, 1.82) is 0 Å². The number of methoxy groups -OCH3 is 1. The van der Waals surface area contributed by atoms with Crippen LogP contribution in [0.3, 0.4) is 0 Å². The lowest BCUT2D eigenvalue weighted by atomic mass is 9.97. The van der Waals surface area contributed by atoms with Crippen LogP contribution in [0, 0.1) is 0 Å². The number of benzene rings is 1. The highest BCUT2D eigenvalue weighted by Crippen LogP contribution is 2.39. The molecule has 1 fully saturated rings. The Hall–Kier alpha value is -0.740. The van der Waals surface area contributed by atoms with Crippen LogP contribution in [0.15, 0.2) is 16.6 Å². The SMILES string of the molecule is COc1cc(Br)cc(C2CCN2)c1O. The second-order valence-corrected chi connectivity index (χ2v) is 4.26. The van der Waals surface area contributed by atoms with Gasteiger partial charge in [0.25, 0.3) is 0 Å². The van der Waals surface area contributed by atoms with Crippen molar-refractivity contribution in [2.45, 2.75) is 12.5 Å². The van der Waals surface area contributed by atoms with E-state index in [-0.39, 0.29) is 11.8 Å². The van der Waals surface area contributed by atoms with Crippen LogP contribution in [-0.4, -0.2) is 18.8 Å². The van der Waals surface area contributed by atoms with E-state index in [4.69, 9.17) is 4.74 Å². The van der Waals surface area contributed by atoms with Crippen LogP contribution in [0.2, 0.25) is 0 Å². The van der Waals surface area contributed by atoms with E-state index in [9.17, 15) is 5.11 Å². The summed E-state index contributed by atoms with van der Waals surface area (Å²) in [5.41, 5.74) is 0.905. The molecule has 2 rings (SSSR count). The largest absolute Gasteiger partial charge is 0.504 e. The number of phenolic OH excluding ortho intramolecular Hbond substituents is 1. The van der Waals surface area contributed by atoms with Gasteiger partial charge in [0, 0.05) is 16.1 Å². The molecule has 1 aliphatic rings. The van der Waals surface area contributed by atoms with E-state index in [1.807, 2.05) is 6.07 Å². The lowest BCUT2D eigenvalue weighted by Gasteiger charge is -2.29. The van der Waals surface area contributed by atoms with E-state index < -0.39 is 0 Å². The zero-order valence-electron chi connectivity index (χ0n) is 7.88. The Balaban J connectivity index is 2.41. The molecule has 2 N–H and O–H groups in total. The third-order valence-electron chi connectivity index (χ3n) is 2.49. The van der Waals surface area contributed by atoms with Gasteiger partial charge in [0.2, 0.25) is 0 Å². The van der Waals surface area contributed by atoms with Gasteiger partial charge in [-0.1, -0.05) is 15.9 Å². The topological polar surface area (TPSA) is 41.5 Å². The average molecular weight is 258 g/mol. The Morgan fingerprint density at radius 3 is 2.79 bits per heavy atom. The van der Waals surface area contributed by atoms with Gasteiger partial charge < -0.3 is 15.2 Å². The molecule has 4 heteroatoms. The molecule has 0 bridgehead atoms. The van der Waals surface area contributed by atoms with E-state index in [2.05, 4.69) is 21.2 Å². The molecule has 1 heterocycles. The lowest BCUT2D eigenvalue weighted by Crippen LogP contribution is -2.34. The van der Waals surface area contributed by atoms with Crippen molar-refractivity contribution in [3.63, 3.8) is 0 Å². The number of phenols is 1. The van der Waals surface area contributed by atoms with E-state index in [0.29, 0.717) is 5.75 Å². The number of rotatable bonds is 2. The molecule has 1 aromatic carbocycles. The fraction of sp³-hybridized carbons (Fsp3) is 0.400. The third-order valence-corrected chi connectivity index (χ3v) is 2.95. The van der Waals surface area contributed by atoms with E-state index in [1.165, 1.54) is 0 Å². The molecule has 0 spiro atoms. The van der Waals surface area contributed by atoms with Crippen LogP contribution in [-0.2, 0) is 0 Å². The number of aromatic hydroxyl groups is 1. The fourth-order valence-electron chi connectivity index (χ4n) is 1.57. The summed E-state index contributed by atoms with van der Waals surface area (Å²) >= 11 is 3.39. The van der Waals surface area contributed by atoms with Gasteiger partial charge in [-0.05, 0) is 25.1 Å². The van der Waals surface area contributed by atoms with Gasteiger partial charge in [-0.25, -0.2) is 0 Å². The summed E-state index contributed by atoms with van der Waals surface area (Å²) in [5, 5.41) is 13.1. The zero-order valence-corrected chi connectivity index (χ0v) is 9.47. The first-order chi connectivity index (χ1) is 6.72. The maximum absolute atomic E-state index is 9.86. The summed E-state index contributed by atoms with van der Waals surface area (Å²) in [6.07, 6.45) is 1.06. The highest BCUT2D eigenvalue weighted by Gasteiger charge is 2.23. The fourth-order valence-corrected chi connectivity index (χ4v) is 2.02. The molecule has 76 valence electrons. The van der Waals surface area contributed by atoms with Crippen molar-refractivity contribution in [2.75, 3.05) is 13.7 Å². The number of ether oxygens (including phenoxy) is 1. The zero-order chi connectivity index (χ0) is 10.1. The molecule has 1 saturated heterocycles. The molecule has 0 aliphatic carbocycles.